The first-order valence-corrected chi connectivity index (χ1v) is 10.7. The van der Waals surface area contributed by atoms with Gasteiger partial charge in [0, 0.05) is 51.1 Å². The Hall–Kier alpha value is -2.17. The molecule has 1 aromatic heterocycles. The predicted octanol–water partition coefficient (Wildman–Crippen LogP) is 3.83. The normalized spacial score (nSPS) is 11.2. The van der Waals surface area contributed by atoms with Crippen molar-refractivity contribution in [3.63, 3.8) is 0 Å². The zero-order chi connectivity index (χ0) is 23.0. The number of aromatic nitrogens is 2. The van der Waals surface area contributed by atoms with Crippen molar-refractivity contribution in [2.75, 3.05) is 41.5 Å². The Morgan fingerprint density at radius 3 is 2.38 bits per heavy atom. The minimum Gasteiger partial charge on any atom is -0.493 e. The average molecular weight is 559 g/mol. The fourth-order valence-electron chi connectivity index (χ4n) is 3.61. The molecule has 9 heteroatoms. The first-order chi connectivity index (χ1) is 14.9. The molecule has 180 valence electrons. The molecule has 0 aliphatic carbocycles. The number of rotatable bonds is 10. The third-order valence-corrected chi connectivity index (χ3v) is 5.02. The average Bonchev–Trinajstić information content (AvgIpc) is 3.12. The summed E-state index contributed by atoms with van der Waals surface area (Å²) in [5.74, 6) is 3.18. The Kier molecular flexibility index (Phi) is 11.7. The molecule has 0 atom stereocenters. The largest absolute Gasteiger partial charge is 0.493 e. The van der Waals surface area contributed by atoms with Crippen LogP contribution in [-0.4, -0.2) is 62.1 Å². The van der Waals surface area contributed by atoms with Crippen molar-refractivity contribution in [1.29, 1.82) is 0 Å². The molecule has 32 heavy (non-hydrogen) atoms. The lowest BCUT2D eigenvalue weighted by molar-refractivity contribution is 0.322. The van der Waals surface area contributed by atoms with E-state index in [4.69, 9.17) is 19.2 Å². The van der Waals surface area contributed by atoms with Crippen molar-refractivity contribution in [3.8, 4) is 17.2 Å². The molecule has 0 saturated carbocycles. The van der Waals surface area contributed by atoms with Crippen molar-refractivity contribution >= 4 is 29.9 Å². The Bertz CT molecular complexity index is 883. The highest BCUT2D eigenvalue weighted by Gasteiger charge is 2.17. The van der Waals surface area contributed by atoms with E-state index < -0.39 is 0 Å². The summed E-state index contributed by atoms with van der Waals surface area (Å²) in [5.41, 5.74) is 3.36. The first-order valence-electron chi connectivity index (χ1n) is 10.7. The van der Waals surface area contributed by atoms with E-state index in [1.54, 1.807) is 21.3 Å². The molecule has 1 N–H and O–H groups in total. The summed E-state index contributed by atoms with van der Waals surface area (Å²) in [6.45, 7) is 8.57. The zero-order valence-electron chi connectivity index (χ0n) is 20.6. The number of aliphatic imine (C=N–C) groups is 1. The summed E-state index contributed by atoms with van der Waals surface area (Å²) >= 11 is 0. The van der Waals surface area contributed by atoms with Crippen LogP contribution >= 0.6 is 24.0 Å². The third-order valence-electron chi connectivity index (χ3n) is 5.02. The highest BCUT2D eigenvalue weighted by molar-refractivity contribution is 14.0. The van der Waals surface area contributed by atoms with Crippen LogP contribution in [0.25, 0.3) is 0 Å². The number of aryl methyl sites for hydroxylation is 1. The van der Waals surface area contributed by atoms with E-state index in [9.17, 15) is 0 Å². The molecule has 8 nitrogen and oxygen atoms in total. The number of benzene rings is 1. The summed E-state index contributed by atoms with van der Waals surface area (Å²) in [6.07, 6.45) is 2.81. The van der Waals surface area contributed by atoms with Crippen LogP contribution in [0.5, 0.6) is 17.2 Å². The van der Waals surface area contributed by atoms with Crippen LogP contribution in [0, 0.1) is 0 Å². The van der Waals surface area contributed by atoms with Crippen molar-refractivity contribution in [2.45, 2.75) is 39.7 Å². The molecule has 2 rings (SSSR count). The molecule has 0 saturated heterocycles. The van der Waals surface area contributed by atoms with Crippen molar-refractivity contribution in [1.82, 2.24) is 20.0 Å². The lowest BCUT2D eigenvalue weighted by Crippen LogP contribution is -2.38. The third kappa shape index (κ3) is 6.91. The molecule has 1 heterocycles. The van der Waals surface area contributed by atoms with Gasteiger partial charge >= 0.3 is 0 Å². The van der Waals surface area contributed by atoms with Gasteiger partial charge in [-0.15, -0.1) is 24.0 Å². The predicted molar refractivity (Wildman–Crippen MR) is 140 cm³/mol. The van der Waals surface area contributed by atoms with Gasteiger partial charge in [0.25, 0.3) is 0 Å². The molecule has 0 amide bonds. The second-order valence-corrected chi connectivity index (χ2v) is 7.70. The van der Waals surface area contributed by atoms with E-state index in [0.717, 1.165) is 36.7 Å². The number of guanidine groups is 1. The van der Waals surface area contributed by atoms with Crippen LogP contribution < -0.4 is 19.5 Å². The molecule has 0 radical (unpaired) electrons. The van der Waals surface area contributed by atoms with E-state index in [1.807, 2.05) is 23.9 Å². The standard InChI is InChI=1S/C23H37N5O3.HI/c1-9-24-23(27(4)14-18-15-28(5)26-20(18)16(2)3)25-13-12-17-10-11-19(29-6)22(31-8)21(17)30-7;/h10-11,15-16H,9,12-14H2,1-8H3,(H,24,25);1H. The summed E-state index contributed by atoms with van der Waals surface area (Å²) in [7, 11) is 8.89. The highest BCUT2D eigenvalue weighted by Crippen LogP contribution is 2.39. The molecule has 0 aliphatic rings. The lowest BCUT2D eigenvalue weighted by atomic mass is 10.1. The zero-order valence-corrected chi connectivity index (χ0v) is 22.9. The van der Waals surface area contributed by atoms with Crippen molar-refractivity contribution in [3.05, 3.63) is 35.2 Å². The Balaban J connectivity index is 0.00000512. The number of methoxy groups -OCH3 is 3. The van der Waals surface area contributed by atoms with Gasteiger partial charge in [-0.25, -0.2) is 0 Å². The van der Waals surface area contributed by atoms with E-state index >= 15 is 0 Å². The van der Waals surface area contributed by atoms with Crippen LogP contribution in [0.2, 0.25) is 0 Å². The van der Waals surface area contributed by atoms with Crippen molar-refractivity contribution in [2.24, 2.45) is 12.0 Å². The maximum atomic E-state index is 5.59. The van der Waals surface area contributed by atoms with Crippen LogP contribution in [0.3, 0.4) is 0 Å². The molecule has 0 spiro atoms. The second kappa shape index (κ2) is 13.4. The smallest absolute Gasteiger partial charge is 0.203 e. The first kappa shape index (κ1) is 27.9. The van der Waals surface area contributed by atoms with Gasteiger partial charge in [0.2, 0.25) is 5.75 Å². The van der Waals surface area contributed by atoms with Gasteiger partial charge in [-0.1, -0.05) is 19.9 Å². The molecule has 0 unspecified atom stereocenters. The highest BCUT2D eigenvalue weighted by atomic mass is 127. The quantitative estimate of drug-likeness (QED) is 0.271. The number of ether oxygens (including phenoxy) is 3. The lowest BCUT2D eigenvalue weighted by Gasteiger charge is -2.22. The van der Waals surface area contributed by atoms with Gasteiger partial charge in [0.15, 0.2) is 17.5 Å². The summed E-state index contributed by atoms with van der Waals surface area (Å²) < 4.78 is 18.3. The van der Waals surface area contributed by atoms with Gasteiger partial charge in [0.05, 0.1) is 27.0 Å². The van der Waals surface area contributed by atoms with Gasteiger partial charge in [0.1, 0.15) is 0 Å². The topological polar surface area (TPSA) is 73.1 Å². The number of nitrogens with one attached hydrogen (secondary N) is 1. The minimum atomic E-state index is 0. The van der Waals surface area contributed by atoms with Gasteiger partial charge in [-0.3, -0.25) is 9.67 Å². The maximum absolute atomic E-state index is 5.59. The molecule has 1 aromatic carbocycles. The second-order valence-electron chi connectivity index (χ2n) is 7.70. The van der Waals surface area contributed by atoms with Crippen LogP contribution in [0.15, 0.2) is 23.3 Å². The SMILES string of the molecule is CCNC(=NCCc1ccc(OC)c(OC)c1OC)N(C)Cc1cn(C)nc1C(C)C.I. The Morgan fingerprint density at radius 2 is 1.81 bits per heavy atom. The van der Waals surface area contributed by atoms with Gasteiger partial charge < -0.3 is 24.4 Å². The van der Waals surface area contributed by atoms with E-state index in [-0.39, 0.29) is 24.0 Å². The van der Waals surface area contributed by atoms with Crippen LogP contribution in [-0.2, 0) is 20.0 Å². The van der Waals surface area contributed by atoms with E-state index in [2.05, 4.69) is 49.3 Å². The molecular formula is C23H38IN5O3. The van der Waals surface area contributed by atoms with E-state index in [1.165, 1.54) is 5.56 Å². The van der Waals surface area contributed by atoms with Gasteiger partial charge in [-0.05, 0) is 25.3 Å². The van der Waals surface area contributed by atoms with Crippen LogP contribution in [0.4, 0.5) is 0 Å². The van der Waals surface area contributed by atoms with E-state index in [0.29, 0.717) is 29.7 Å². The Labute approximate surface area is 209 Å². The summed E-state index contributed by atoms with van der Waals surface area (Å²) in [4.78, 5) is 6.97. The monoisotopic (exact) mass is 559 g/mol. The minimum absolute atomic E-state index is 0. The number of halogens is 1. The molecule has 0 bridgehead atoms. The number of hydrogen-bond acceptors (Lipinski definition) is 5. The number of nitrogens with zero attached hydrogens (tertiary/aromatic N) is 4. The fourth-order valence-corrected chi connectivity index (χ4v) is 3.61. The molecular weight excluding hydrogens is 521 g/mol. The van der Waals surface area contributed by atoms with Gasteiger partial charge in [-0.2, -0.15) is 5.10 Å². The maximum Gasteiger partial charge on any atom is 0.203 e. The molecule has 0 aliphatic heterocycles. The van der Waals surface area contributed by atoms with Crippen LogP contribution in [0.1, 0.15) is 43.5 Å². The number of hydrogen-bond donors (Lipinski definition) is 1. The summed E-state index contributed by atoms with van der Waals surface area (Å²) in [5, 5.41) is 8.00. The summed E-state index contributed by atoms with van der Waals surface area (Å²) in [6, 6.07) is 3.89. The molecule has 0 fully saturated rings. The Morgan fingerprint density at radius 1 is 1.12 bits per heavy atom. The molecule has 2 aromatic rings. The fraction of sp³-hybridized carbons (Fsp3) is 0.565. The van der Waals surface area contributed by atoms with Crippen molar-refractivity contribution < 1.29 is 14.2 Å².